The van der Waals surface area contributed by atoms with Crippen LogP contribution in [-0.2, 0) is 0 Å². The first-order valence-electron chi connectivity index (χ1n) is 8.76. The van der Waals surface area contributed by atoms with Gasteiger partial charge >= 0.3 is 0 Å². The fourth-order valence-corrected chi connectivity index (χ4v) is 3.70. The average molecular weight is 284 g/mol. The van der Waals surface area contributed by atoms with E-state index < -0.39 is 0 Å². The van der Waals surface area contributed by atoms with Crippen molar-refractivity contribution in [2.75, 3.05) is 39.3 Å². The van der Waals surface area contributed by atoms with Gasteiger partial charge in [-0.25, -0.2) is 0 Å². The molecule has 0 aromatic heterocycles. The van der Waals surface area contributed by atoms with E-state index in [-0.39, 0.29) is 5.54 Å². The molecule has 1 fully saturated rings. The van der Waals surface area contributed by atoms with Gasteiger partial charge in [-0.2, -0.15) is 0 Å². The molecule has 1 rings (SSSR count). The summed E-state index contributed by atoms with van der Waals surface area (Å²) in [4.78, 5) is 5.08. The maximum Gasteiger partial charge on any atom is 0.0285 e. The Hall–Kier alpha value is -0.120. The zero-order chi connectivity index (χ0) is 15.0. The Morgan fingerprint density at radius 2 is 1.65 bits per heavy atom. The summed E-state index contributed by atoms with van der Waals surface area (Å²) in [5.41, 5.74) is 6.73. The van der Waals surface area contributed by atoms with Gasteiger partial charge in [-0.05, 0) is 57.9 Å². The van der Waals surface area contributed by atoms with E-state index >= 15 is 0 Å². The first-order valence-corrected chi connectivity index (χ1v) is 8.76. The average Bonchev–Trinajstić information content (AvgIpc) is 2.42. The first-order chi connectivity index (χ1) is 9.53. The molecule has 0 amide bonds. The summed E-state index contributed by atoms with van der Waals surface area (Å²) < 4.78 is 0. The van der Waals surface area contributed by atoms with E-state index in [1.807, 2.05) is 0 Å². The highest BCUT2D eigenvalue weighted by Crippen LogP contribution is 2.31. The van der Waals surface area contributed by atoms with Crippen molar-refractivity contribution in [3.05, 3.63) is 0 Å². The molecule has 2 N–H and O–H groups in total. The SMILES string of the molecule is CCN(CC)CCCN(CC)CC1(N)CCCC(C)C1. The lowest BCUT2D eigenvalue weighted by Crippen LogP contribution is -2.53. The molecular formula is C17H37N3. The Morgan fingerprint density at radius 3 is 2.20 bits per heavy atom. The molecule has 3 heteroatoms. The molecule has 20 heavy (non-hydrogen) atoms. The molecule has 3 nitrogen and oxygen atoms in total. The molecule has 1 saturated carbocycles. The molecule has 0 radical (unpaired) electrons. The molecule has 0 bridgehead atoms. The van der Waals surface area contributed by atoms with Crippen LogP contribution in [-0.4, -0.2) is 54.6 Å². The minimum atomic E-state index is 0.0723. The normalized spacial score (nSPS) is 27.4. The number of nitrogens with zero attached hydrogens (tertiary/aromatic N) is 2. The fourth-order valence-electron chi connectivity index (χ4n) is 3.70. The van der Waals surface area contributed by atoms with Crippen LogP contribution < -0.4 is 5.73 Å². The van der Waals surface area contributed by atoms with Crippen LogP contribution in [0.3, 0.4) is 0 Å². The minimum absolute atomic E-state index is 0.0723. The maximum absolute atomic E-state index is 6.66. The van der Waals surface area contributed by atoms with E-state index in [0.29, 0.717) is 0 Å². The lowest BCUT2D eigenvalue weighted by molar-refractivity contribution is 0.148. The van der Waals surface area contributed by atoms with E-state index in [0.717, 1.165) is 19.0 Å². The van der Waals surface area contributed by atoms with Crippen molar-refractivity contribution in [3.8, 4) is 0 Å². The molecule has 0 aromatic rings. The number of rotatable bonds is 9. The summed E-state index contributed by atoms with van der Waals surface area (Å²) in [6, 6.07) is 0. The fraction of sp³-hybridized carbons (Fsp3) is 1.00. The molecular weight excluding hydrogens is 246 g/mol. The molecule has 0 heterocycles. The summed E-state index contributed by atoms with van der Waals surface area (Å²) in [6.45, 7) is 16.1. The Kier molecular flexibility index (Phi) is 8.08. The van der Waals surface area contributed by atoms with E-state index in [1.54, 1.807) is 0 Å². The Bertz CT molecular complexity index is 253. The van der Waals surface area contributed by atoms with Crippen molar-refractivity contribution in [3.63, 3.8) is 0 Å². The highest BCUT2D eigenvalue weighted by Gasteiger charge is 2.32. The summed E-state index contributed by atoms with van der Waals surface area (Å²) in [7, 11) is 0. The van der Waals surface area contributed by atoms with Gasteiger partial charge in [-0.1, -0.05) is 40.5 Å². The third-order valence-electron chi connectivity index (χ3n) is 4.96. The van der Waals surface area contributed by atoms with Crippen LogP contribution in [0.25, 0.3) is 0 Å². The second kappa shape index (κ2) is 9.01. The minimum Gasteiger partial charge on any atom is -0.324 e. The molecule has 0 aliphatic heterocycles. The van der Waals surface area contributed by atoms with Gasteiger partial charge < -0.3 is 15.5 Å². The van der Waals surface area contributed by atoms with E-state index in [2.05, 4.69) is 37.5 Å². The quantitative estimate of drug-likeness (QED) is 0.706. The Labute approximate surface area is 126 Å². The maximum atomic E-state index is 6.66. The number of hydrogen-bond acceptors (Lipinski definition) is 3. The summed E-state index contributed by atoms with van der Waals surface area (Å²) in [5, 5.41) is 0. The first kappa shape index (κ1) is 17.9. The largest absolute Gasteiger partial charge is 0.324 e. The lowest BCUT2D eigenvalue weighted by atomic mass is 9.77. The zero-order valence-electron chi connectivity index (χ0n) is 14.3. The smallest absolute Gasteiger partial charge is 0.0285 e. The highest BCUT2D eigenvalue weighted by molar-refractivity contribution is 4.92. The second-order valence-corrected chi connectivity index (χ2v) is 6.81. The predicted molar refractivity (Wildman–Crippen MR) is 89.1 cm³/mol. The van der Waals surface area contributed by atoms with E-state index in [1.165, 1.54) is 58.3 Å². The summed E-state index contributed by atoms with van der Waals surface area (Å²) in [6.07, 6.45) is 6.37. The van der Waals surface area contributed by atoms with Gasteiger partial charge in [0.25, 0.3) is 0 Å². The van der Waals surface area contributed by atoms with Gasteiger partial charge in [0.1, 0.15) is 0 Å². The van der Waals surface area contributed by atoms with Gasteiger partial charge in [0.05, 0.1) is 0 Å². The van der Waals surface area contributed by atoms with Crippen molar-refractivity contribution in [2.45, 2.75) is 65.3 Å². The predicted octanol–water partition coefficient (Wildman–Crippen LogP) is 2.95. The number of nitrogens with two attached hydrogens (primary N) is 1. The van der Waals surface area contributed by atoms with E-state index in [9.17, 15) is 0 Å². The van der Waals surface area contributed by atoms with Crippen LogP contribution >= 0.6 is 0 Å². The Balaban J connectivity index is 2.34. The number of hydrogen-bond donors (Lipinski definition) is 1. The summed E-state index contributed by atoms with van der Waals surface area (Å²) >= 11 is 0. The molecule has 2 unspecified atom stereocenters. The van der Waals surface area contributed by atoms with Crippen molar-refractivity contribution in [1.82, 2.24) is 9.80 Å². The van der Waals surface area contributed by atoms with Crippen molar-refractivity contribution >= 4 is 0 Å². The lowest BCUT2D eigenvalue weighted by Gasteiger charge is -2.40. The van der Waals surface area contributed by atoms with Crippen LogP contribution in [0.5, 0.6) is 0 Å². The highest BCUT2D eigenvalue weighted by atomic mass is 15.2. The van der Waals surface area contributed by atoms with Crippen LogP contribution in [0.2, 0.25) is 0 Å². The molecule has 0 spiro atoms. The molecule has 0 aromatic carbocycles. The molecule has 0 saturated heterocycles. The molecule has 1 aliphatic carbocycles. The van der Waals surface area contributed by atoms with Crippen LogP contribution in [0, 0.1) is 5.92 Å². The van der Waals surface area contributed by atoms with Crippen LogP contribution in [0.4, 0.5) is 0 Å². The number of likely N-dealkylation sites (N-methyl/N-ethyl adjacent to an activating group) is 1. The van der Waals surface area contributed by atoms with Crippen LogP contribution in [0.1, 0.15) is 59.8 Å². The molecule has 120 valence electrons. The van der Waals surface area contributed by atoms with Gasteiger partial charge in [0.2, 0.25) is 0 Å². The molecule has 1 aliphatic rings. The summed E-state index contributed by atoms with van der Waals surface area (Å²) in [5.74, 6) is 0.808. The van der Waals surface area contributed by atoms with Crippen LogP contribution in [0.15, 0.2) is 0 Å². The second-order valence-electron chi connectivity index (χ2n) is 6.81. The molecule has 2 atom stereocenters. The van der Waals surface area contributed by atoms with Gasteiger partial charge in [-0.3, -0.25) is 0 Å². The zero-order valence-corrected chi connectivity index (χ0v) is 14.3. The van der Waals surface area contributed by atoms with Crippen molar-refractivity contribution < 1.29 is 0 Å². The third-order valence-corrected chi connectivity index (χ3v) is 4.96. The third kappa shape index (κ3) is 6.11. The standard InChI is InChI=1S/C17H37N3/c1-5-19(6-2)12-9-13-20(7-3)15-17(18)11-8-10-16(4)14-17/h16H,5-15,18H2,1-4H3. The van der Waals surface area contributed by atoms with Gasteiger partial charge in [0, 0.05) is 12.1 Å². The van der Waals surface area contributed by atoms with Crippen molar-refractivity contribution in [2.24, 2.45) is 11.7 Å². The van der Waals surface area contributed by atoms with E-state index in [4.69, 9.17) is 5.73 Å². The topological polar surface area (TPSA) is 32.5 Å². The monoisotopic (exact) mass is 283 g/mol. The van der Waals surface area contributed by atoms with Gasteiger partial charge in [0.15, 0.2) is 0 Å². The van der Waals surface area contributed by atoms with Gasteiger partial charge in [-0.15, -0.1) is 0 Å². The Morgan fingerprint density at radius 1 is 1.05 bits per heavy atom. The van der Waals surface area contributed by atoms with Crippen molar-refractivity contribution in [1.29, 1.82) is 0 Å².